The molecule has 0 saturated heterocycles. The summed E-state index contributed by atoms with van der Waals surface area (Å²) in [5.74, 6) is -0.333. The first-order valence-corrected chi connectivity index (χ1v) is 9.74. The highest BCUT2D eigenvalue weighted by Gasteiger charge is 2.45. The monoisotopic (exact) mass is 373 g/mol. The van der Waals surface area contributed by atoms with Crippen molar-refractivity contribution < 1.29 is 19.4 Å². The lowest BCUT2D eigenvalue weighted by Crippen LogP contribution is -2.33. The average molecular weight is 373 g/mol. The molecule has 0 fully saturated rings. The Morgan fingerprint density at radius 3 is 2.30 bits per heavy atom. The van der Waals surface area contributed by atoms with Gasteiger partial charge in [0.25, 0.3) is 5.91 Å². The summed E-state index contributed by atoms with van der Waals surface area (Å²) < 4.78 is 5.63. The first kappa shape index (κ1) is 21.0. The molecule has 1 atom stereocenters. The fraction of sp³-hybridized carbons (Fsp3) is 0.545. The number of aliphatic hydroxyl groups excluding tert-OH is 1. The Bertz CT molecular complexity index is 713. The number of unbranched alkanes of at least 4 members (excludes halogenated alkanes) is 1. The fourth-order valence-corrected chi connectivity index (χ4v) is 3.16. The van der Waals surface area contributed by atoms with Gasteiger partial charge in [0.15, 0.2) is 11.5 Å². The molecule has 1 amide bonds. The Morgan fingerprint density at radius 1 is 1.15 bits per heavy atom. The lowest BCUT2D eigenvalue weighted by atomic mass is 9.82. The van der Waals surface area contributed by atoms with Crippen molar-refractivity contribution in [3.63, 3.8) is 0 Å². The summed E-state index contributed by atoms with van der Waals surface area (Å²) in [7, 11) is 0. The third-order valence-electron chi connectivity index (χ3n) is 4.65. The van der Waals surface area contributed by atoms with Gasteiger partial charge in [-0.15, -0.1) is 0 Å². The van der Waals surface area contributed by atoms with Crippen LogP contribution < -0.4 is 4.74 Å². The largest absolute Gasteiger partial charge is 0.503 e. The lowest BCUT2D eigenvalue weighted by molar-refractivity contribution is -0.129. The van der Waals surface area contributed by atoms with Crippen LogP contribution in [0.1, 0.15) is 65.5 Å². The molecule has 0 spiro atoms. The third-order valence-corrected chi connectivity index (χ3v) is 4.65. The summed E-state index contributed by atoms with van der Waals surface area (Å²) in [5, 5.41) is 10.5. The van der Waals surface area contributed by atoms with E-state index in [1.54, 1.807) is 25.7 Å². The molecule has 1 unspecified atom stereocenters. The van der Waals surface area contributed by atoms with Gasteiger partial charge >= 0.3 is 0 Å². The molecule has 1 aromatic rings. The number of carbonyl (C=O) groups excluding carboxylic acids is 2. The molecular formula is C22H31NO4. The minimum atomic E-state index is -0.688. The van der Waals surface area contributed by atoms with Crippen molar-refractivity contribution in [2.24, 2.45) is 5.41 Å². The summed E-state index contributed by atoms with van der Waals surface area (Å²) in [6.45, 7) is 10.6. The Morgan fingerprint density at radius 2 is 1.78 bits per heavy atom. The predicted octanol–water partition coefficient (Wildman–Crippen LogP) is 4.59. The zero-order chi connectivity index (χ0) is 20.2. The predicted molar refractivity (Wildman–Crippen MR) is 106 cm³/mol. The van der Waals surface area contributed by atoms with Crippen molar-refractivity contribution in [1.82, 2.24) is 4.90 Å². The van der Waals surface area contributed by atoms with E-state index in [4.69, 9.17) is 4.74 Å². The van der Waals surface area contributed by atoms with Crippen LogP contribution in [0.3, 0.4) is 0 Å². The molecule has 5 nitrogen and oxygen atoms in total. The number of Topliss-reactive ketones (excluding diaryl/α,β-unsaturated/α-hetero) is 1. The minimum absolute atomic E-state index is 0.200. The Balaban J connectivity index is 2.44. The van der Waals surface area contributed by atoms with E-state index in [2.05, 4.69) is 0 Å². The Hall–Kier alpha value is -2.30. The van der Waals surface area contributed by atoms with Crippen LogP contribution in [0, 0.1) is 5.41 Å². The molecular weight excluding hydrogens is 342 g/mol. The standard InChI is InChI=1S/C22H31NO4/c1-6-8-13-23-18(15-9-11-16(12-10-15)27-14-7-2)17(19(24)21(23)26)20(25)22(3,4)5/h9-12,18,24H,6-8,13-14H2,1-5H3. The van der Waals surface area contributed by atoms with E-state index in [1.165, 1.54) is 0 Å². The quantitative estimate of drug-likeness (QED) is 0.724. The minimum Gasteiger partial charge on any atom is -0.503 e. The van der Waals surface area contributed by atoms with Crippen molar-refractivity contribution in [3.8, 4) is 5.75 Å². The summed E-state index contributed by atoms with van der Waals surface area (Å²) in [5.41, 5.74) is 0.318. The molecule has 1 aliphatic rings. The van der Waals surface area contributed by atoms with Crippen LogP contribution in [0.25, 0.3) is 0 Å². The van der Waals surface area contributed by atoms with E-state index in [0.717, 1.165) is 30.6 Å². The molecule has 0 radical (unpaired) electrons. The number of benzene rings is 1. The second-order valence-electron chi connectivity index (χ2n) is 8.01. The molecule has 148 valence electrons. The smallest absolute Gasteiger partial charge is 0.290 e. The molecule has 1 N–H and O–H groups in total. The van der Waals surface area contributed by atoms with E-state index in [1.807, 2.05) is 38.1 Å². The van der Waals surface area contributed by atoms with Crippen LogP contribution >= 0.6 is 0 Å². The molecule has 0 bridgehead atoms. The number of aliphatic hydroxyl groups is 1. The van der Waals surface area contributed by atoms with E-state index >= 15 is 0 Å². The molecule has 5 heteroatoms. The van der Waals surface area contributed by atoms with Crippen LogP contribution in [-0.2, 0) is 9.59 Å². The molecule has 27 heavy (non-hydrogen) atoms. The van der Waals surface area contributed by atoms with E-state index in [0.29, 0.717) is 13.2 Å². The molecule has 2 rings (SSSR count). The third kappa shape index (κ3) is 4.52. The summed E-state index contributed by atoms with van der Waals surface area (Å²) in [4.78, 5) is 27.3. The van der Waals surface area contributed by atoms with Crippen LogP contribution in [0.4, 0.5) is 0 Å². The van der Waals surface area contributed by atoms with Gasteiger partial charge in [0.1, 0.15) is 5.75 Å². The lowest BCUT2D eigenvalue weighted by Gasteiger charge is -2.29. The number of hydrogen-bond acceptors (Lipinski definition) is 4. The number of rotatable bonds is 8. The zero-order valence-electron chi connectivity index (χ0n) is 17.0. The molecule has 0 aliphatic carbocycles. The van der Waals surface area contributed by atoms with Crippen molar-refractivity contribution >= 4 is 11.7 Å². The maximum absolute atomic E-state index is 13.0. The number of hydrogen-bond donors (Lipinski definition) is 1. The fourth-order valence-electron chi connectivity index (χ4n) is 3.16. The van der Waals surface area contributed by atoms with Gasteiger partial charge in [-0.3, -0.25) is 9.59 Å². The molecule has 0 aromatic heterocycles. The normalized spacial score (nSPS) is 17.6. The van der Waals surface area contributed by atoms with Gasteiger partial charge in [-0.1, -0.05) is 53.2 Å². The Labute approximate surface area is 162 Å². The average Bonchev–Trinajstić information content (AvgIpc) is 2.88. The van der Waals surface area contributed by atoms with Crippen molar-refractivity contribution in [1.29, 1.82) is 0 Å². The van der Waals surface area contributed by atoms with Crippen molar-refractivity contribution in [3.05, 3.63) is 41.2 Å². The van der Waals surface area contributed by atoms with Crippen molar-refractivity contribution in [2.75, 3.05) is 13.2 Å². The maximum Gasteiger partial charge on any atom is 0.290 e. The summed E-state index contributed by atoms with van der Waals surface area (Å²) in [6, 6.07) is 6.88. The highest BCUT2D eigenvalue weighted by Crippen LogP contribution is 2.41. The molecule has 1 heterocycles. The topological polar surface area (TPSA) is 66.8 Å². The van der Waals surface area contributed by atoms with Crippen molar-refractivity contribution in [2.45, 2.75) is 59.9 Å². The number of amides is 1. The van der Waals surface area contributed by atoms with Gasteiger partial charge in [0.05, 0.1) is 18.2 Å². The van der Waals surface area contributed by atoms with Gasteiger partial charge in [-0.2, -0.15) is 0 Å². The van der Waals surface area contributed by atoms with Gasteiger partial charge in [-0.05, 0) is 30.5 Å². The number of ether oxygens (including phenoxy) is 1. The second kappa shape index (κ2) is 8.59. The molecule has 1 aromatic carbocycles. The van der Waals surface area contributed by atoms with Crippen LogP contribution in [0.2, 0.25) is 0 Å². The van der Waals surface area contributed by atoms with Gasteiger partial charge in [-0.25, -0.2) is 0 Å². The highest BCUT2D eigenvalue weighted by atomic mass is 16.5. The number of carbonyl (C=O) groups is 2. The first-order valence-electron chi connectivity index (χ1n) is 9.74. The van der Waals surface area contributed by atoms with E-state index < -0.39 is 23.1 Å². The number of ketones is 1. The molecule has 1 aliphatic heterocycles. The number of nitrogens with zero attached hydrogens (tertiary/aromatic N) is 1. The van der Waals surface area contributed by atoms with Gasteiger partial charge < -0.3 is 14.7 Å². The van der Waals surface area contributed by atoms with Gasteiger partial charge in [0.2, 0.25) is 0 Å². The van der Waals surface area contributed by atoms with Crippen LogP contribution in [0.15, 0.2) is 35.6 Å². The van der Waals surface area contributed by atoms with E-state index in [9.17, 15) is 14.7 Å². The van der Waals surface area contributed by atoms with Gasteiger partial charge in [0, 0.05) is 12.0 Å². The first-order chi connectivity index (χ1) is 12.7. The summed E-state index contributed by atoms with van der Waals surface area (Å²) >= 11 is 0. The highest BCUT2D eigenvalue weighted by molar-refractivity contribution is 6.10. The Kier molecular flexibility index (Phi) is 6.68. The second-order valence-corrected chi connectivity index (χ2v) is 8.01. The van der Waals surface area contributed by atoms with Crippen LogP contribution in [0.5, 0.6) is 5.75 Å². The van der Waals surface area contributed by atoms with E-state index in [-0.39, 0.29) is 11.4 Å². The zero-order valence-corrected chi connectivity index (χ0v) is 17.0. The van der Waals surface area contributed by atoms with Crippen LogP contribution in [-0.4, -0.2) is 34.8 Å². The SMILES string of the molecule is CCCCN1C(=O)C(O)=C(C(=O)C(C)(C)C)C1c1ccc(OCCC)cc1. The summed E-state index contributed by atoms with van der Waals surface area (Å²) in [6.07, 6.45) is 2.65. The maximum atomic E-state index is 13.0. The molecule has 0 saturated carbocycles.